The molecule has 0 unspecified atom stereocenters. The van der Waals surface area contributed by atoms with Crippen molar-refractivity contribution < 1.29 is 19.8 Å². The van der Waals surface area contributed by atoms with E-state index in [4.69, 9.17) is 10.2 Å². The molecule has 0 spiro atoms. The molecule has 4 nitrogen and oxygen atoms in total. The summed E-state index contributed by atoms with van der Waals surface area (Å²) in [5, 5.41) is 17.3. The number of hydrogen-bond acceptors (Lipinski definition) is 2. The highest BCUT2D eigenvalue weighted by molar-refractivity contribution is 5.75. The summed E-state index contributed by atoms with van der Waals surface area (Å²) in [5.74, 6) is -2.38. The smallest absolute Gasteiger partial charge is 0.310 e. The number of carbonyl (C=O) groups is 2. The Kier molecular flexibility index (Phi) is 6.83. The maximum absolute atomic E-state index is 10.5. The van der Waals surface area contributed by atoms with E-state index in [1.807, 2.05) is 60.7 Å². The Balaban J connectivity index is 0.000000220. The zero-order valence-corrected chi connectivity index (χ0v) is 12.6. The van der Waals surface area contributed by atoms with Crippen LogP contribution in [0, 0.1) is 0 Å². The molecule has 4 heteroatoms. The molecule has 0 fully saturated rings. The van der Waals surface area contributed by atoms with Crippen LogP contribution in [0.5, 0.6) is 0 Å². The van der Waals surface area contributed by atoms with E-state index in [0.717, 1.165) is 11.1 Å². The lowest BCUT2D eigenvalue weighted by Crippen LogP contribution is -2.06. The van der Waals surface area contributed by atoms with Crippen LogP contribution in [0.15, 0.2) is 60.7 Å². The normalized spacial score (nSPS) is 12.5. The van der Waals surface area contributed by atoms with Gasteiger partial charge in [-0.05, 0) is 25.0 Å². The highest BCUT2D eigenvalue weighted by Crippen LogP contribution is 2.14. The van der Waals surface area contributed by atoms with Gasteiger partial charge >= 0.3 is 11.9 Å². The van der Waals surface area contributed by atoms with Crippen LogP contribution in [-0.4, -0.2) is 22.2 Å². The molecule has 0 aliphatic heterocycles. The monoisotopic (exact) mass is 300 g/mol. The molecule has 0 aliphatic carbocycles. The van der Waals surface area contributed by atoms with Gasteiger partial charge in [-0.3, -0.25) is 9.59 Å². The Morgan fingerprint density at radius 3 is 1.18 bits per heavy atom. The summed E-state index contributed by atoms with van der Waals surface area (Å²) in [7, 11) is 0. The van der Waals surface area contributed by atoms with E-state index in [9.17, 15) is 9.59 Å². The van der Waals surface area contributed by atoms with E-state index >= 15 is 0 Å². The Hall–Kier alpha value is -2.62. The third kappa shape index (κ3) is 5.40. The first-order valence-corrected chi connectivity index (χ1v) is 6.99. The molecule has 0 aromatic heterocycles. The summed E-state index contributed by atoms with van der Waals surface area (Å²) in [5.41, 5.74) is 1.69. The van der Waals surface area contributed by atoms with Crippen molar-refractivity contribution in [1.82, 2.24) is 0 Å². The quantitative estimate of drug-likeness (QED) is 0.901. The predicted molar refractivity (Wildman–Crippen MR) is 85.0 cm³/mol. The Morgan fingerprint density at radius 2 is 0.955 bits per heavy atom. The van der Waals surface area contributed by atoms with Crippen molar-refractivity contribution in [3.8, 4) is 0 Å². The number of benzene rings is 2. The van der Waals surface area contributed by atoms with Gasteiger partial charge in [-0.25, -0.2) is 0 Å². The summed E-state index contributed by atoms with van der Waals surface area (Å²) in [6, 6.07) is 18.4. The fourth-order valence-electron chi connectivity index (χ4n) is 1.77. The zero-order valence-electron chi connectivity index (χ0n) is 12.6. The topological polar surface area (TPSA) is 74.6 Å². The highest BCUT2D eigenvalue weighted by atomic mass is 16.4. The second-order valence-corrected chi connectivity index (χ2v) is 4.94. The molecular weight excluding hydrogens is 280 g/mol. The molecule has 0 radical (unpaired) electrons. The summed E-state index contributed by atoms with van der Waals surface area (Å²) in [6.07, 6.45) is 0. The molecule has 0 saturated heterocycles. The second kappa shape index (κ2) is 8.62. The first-order valence-electron chi connectivity index (χ1n) is 6.99. The molecule has 22 heavy (non-hydrogen) atoms. The van der Waals surface area contributed by atoms with Crippen molar-refractivity contribution in [2.75, 3.05) is 0 Å². The van der Waals surface area contributed by atoms with Gasteiger partial charge in [0.1, 0.15) is 0 Å². The summed E-state index contributed by atoms with van der Waals surface area (Å²) in [4.78, 5) is 21.0. The molecule has 0 amide bonds. The van der Waals surface area contributed by atoms with Gasteiger partial charge < -0.3 is 10.2 Å². The number of carboxylic acids is 2. The fraction of sp³-hybridized carbons (Fsp3) is 0.222. The lowest BCUT2D eigenvalue weighted by molar-refractivity contribution is -0.139. The average molecular weight is 300 g/mol. The molecule has 2 rings (SSSR count). The Bertz CT molecular complexity index is 537. The summed E-state index contributed by atoms with van der Waals surface area (Å²) in [6.45, 7) is 3.36. The van der Waals surface area contributed by atoms with Crippen LogP contribution in [-0.2, 0) is 9.59 Å². The molecule has 0 bridgehead atoms. The maximum Gasteiger partial charge on any atom is 0.310 e. The summed E-state index contributed by atoms with van der Waals surface area (Å²) >= 11 is 0. The van der Waals surface area contributed by atoms with E-state index in [0.29, 0.717) is 0 Å². The van der Waals surface area contributed by atoms with Crippen LogP contribution in [0.3, 0.4) is 0 Å². The van der Waals surface area contributed by atoms with Crippen LogP contribution >= 0.6 is 0 Å². The molecule has 2 atom stereocenters. The SMILES string of the molecule is C[C@@H](C(=O)O)c1ccccc1.C[C@H](C(=O)O)c1ccccc1. The molecule has 116 valence electrons. The fourth-order valence-corrected chi connectivity index (χ4v) is 1.77. The molecule has 2 aromatic rings. The van der Waals surface area contributed by atoms with Crippen molar-refractivity contribution in [1.29, 1.82) is 0 Å². The minimum atomic E-state index is -0.781. The van der Waals surface area contributed by atoms with E-state index in [1.54, 1.807) is 13.8 Å². The van der Waals surface area contributed by atoms with Crippen LogP contribution in [0.2, 0.25) is 0 Å². The molecule has 0 aliphatic rings. The Labute approximate surface area is 130 Å². The van der Waals surface area contributed by atoms with Gasteiger partial charge in [-0.1, -0.05) is 60.7 Å². The van der Waals surface area contributed by atoms with E-state index in [-0.39, 0.29) is 0 Å². The predicted octanol–water partition coefficient (Wildman–Crippen LogP) is 3.75. The van der Waals surface area contributed by atoms with E-state index in [1.165, 1.54) is 0 Å². The van der Waals surface area contributed by atoms with Crippen molar-refractivity contribution in [3.63, 3.8) is 0 Å². The summed E-state index contributed by atoms with van der Waals surface area (Å²) < 4.78 is 0. The van der Waals surface area contributed by atoms with Gasteiger partial charge in [0.2, 0.25) is 0 Å². The lowest BCUT2D eigenvalue weighted by atomic mass is 10.0. The number of hydrogen-bond donors (Lipinski definition) is 2. The minimum absolute atomic E-state index is 0.406. The molecule has 2 N–H and O–H groups in total. The molecular formula is C18H20O4. The molecule has 2 aromatic carbocycles. The highest BCUT2D eigenvalue weighted by Gasteiger charge is 2.12. The van der Waals surface area contributed by atoms with Gasteiger partial charge in [0.05, 0.1) is 11.8 Å². The maximum atomic E-state index is 10.5. The number of carboxylic acid groups (broad SMARTS) is 2. The number of aliphatic carboxylic acids is 2. The van der Waals surface area contributed by atoms with Crippen molar-refractivity contribution >= 4 is 11.9 Å². The third-order valence-corrected chi connectivity index (χ3v) is 3.34. The van der Waals surface area contributed by atoms with Crippen LogP contribution in [0.1, 0.15) is 36.8 Å². The lowest BCUT2D eigenvalue weighted by Gasteiger charge is -2.04. The van der Waals surface area contributed by atoms with Crippen molar-refractivity contribution in [3.05, 3.63) is 71.8 Å². The average Bonchev–Trinajstić information content (AvgIpc) is 2.55. The zero-order chi connectivity index (χ0) is 16.5. The molecule has 0 saturated carbocycles. The van der Waals surface area contributed by atoms with Gasteiger partial charge in [-0.2, -0.15) is 0 Å². The third-order valence-electron chi connectivity index (χ3n) is 3.34. The number of rotatable bonds is 4. The van der Waals surface area contributed by atoms with Gasteiger partial charge in [-0.15, -0.1) is 0 Å². The second-order valence-electron chi connectivity index (χ2n) is 4.94. The van der Waals surface area contributed by atoms with Gasteiger partial charge in [0, 0.05) is 0 Å². The van der Waals surface area contributed by atoms with Crippen molar-refractivity contribution in [2.45, 2.75) is 25.7 Å². The minimum Gasteiger partial charge on any atom is -0.481 e. The van der Waals surface area contributed by atoms with E-state index < -0.39 is 23.8 Å². The largest absolute Gasteiger partial charge is 0.481 e. The van der Waals surface area contributed by atoms with E-state index in [2.05, 4.69) is 0 Å². The first-order chi connectivity index (χ1) is 10.4. The molecule has 0 heterocycles. The van der Waals surface area contributed by atoms with Crippen LogP contribution < -0.4 is 0 Å². The van der Waals surface area contributed by atoms with Crippen molar-refractivity contribution in [2.24, 2.45) is 0 Å². The van der Waals surface area contributed by atoms with Gasteiger partial charge in [0.15, 0.2) is 0 Å². The van der Waals surface area contributed by atoms with Crippen LogP contribution in [0.25, 0.3) is 0 Å². The van der Waals surface area contributed by atoms with Crippen LogP contribution in [0.4, 0.5) is 0 Å². The van der Waals surface area contributed by atoms with Gasteiger partial charge in [0.25, 0.3) is 0 Å². The first kappa shape index (κ1) is 17.4. The standard InChI is InChI=1S/2C9H10O2/c2*1-7(9(10)11)8-5-3-2-4-6-8/h2*2-7H,1H3,(H,10,11)/t2*7-/m10/s1. The Morgan fingerprint density at radius 1 is 0.682 bits per heavy atom.